The van der Waals surface area contributed by atoms with Gasteiger partial charge in [0.1, 0.15) is 5.82 Å². The third-order valence-corrected chi connectivity index (χ3v) is 3.65. The molecule has 1 N–H and O–H groups in total. The molecular weight excluding hydrogens is 225 g/mol. The van der Waals surface area contributed by atoms with Gasteiger partial charge in [-0.3, -0.25) is 0 Å². The van der Waals surface area contributed by atoms with Crippen molar-refractivity contribution < 1.29 is 4.39 Å². The highest BCUT2D eigenvalue weighted by atomic mass is 35.5. The fourth-order valence-corrected chi connectivity index (χ4v) is 2.60. The van der Waals surface area contributed by atoms with Crippen molar-refractivity contribution in [3.63, 3.8) is 0 Å². The van der Waals surface area contributed by atoms with E-state index >= 15 is 0 Å². The summed E-state index contributed by atoms with van der Waals surface area (Å²) < 4.78 is 13.3. The van der Waals surface area contributed by atoms with Crippen molar-refractivity contribution in [2.24, 2.45) is 5.41 Å². The molecule has 16 heavy (non-hydrogen) atoms. The van der Waals surface area contributed by atoms with E-state index < -0.39 is 0 Å². The highest BCUT2D eigenvalue weighted by Crippen LogP contribution is 2.33. The summed E-state index contributed by atoms with van der Waals surface area (Å²) in [7, 11) is 0. The van der Waals surface area contributed by atoms with E-state index in [0.29, 0.717) is 5.41 Å². The van der Waals surface area contributed by atoms with E-state index in [1.807, 2.05) is 6.07 Å². The Labute approximate surface area is 101 Å². The second kappa shape index (κ2) is 4.72. The third-order valence-electron chi connectivity index (χ3n) is 3.34. The molecule has 0 atom stereocenters. The molecule has 0 amide bonds. The van der Waals surface area contributed by atoms with Crippen LogP contribution in [0.25, 0.3) is 0 Å². The minimum Gasteiger partial charge on any atom is -0.316 e. The summed E-state index contributed by atoms with van der Waals surface area (Å²) in [6.07, 6.45) is 3.32. The summed E-state index contributed by atoms with van der Waals surface area (Å²) in [4.78, 5) is 0. The molecule has 0 aromatic heterocycles. The highest BCUT2D eigenvalue weighted by molar-refractivity contribution is 6.30. The first-order valence-corrected chi connectivity index (χ1v) is 6.18. The first-order chi connectivity index (χ1) is 7.65. The van der Waals surface area contributed by atoms with Crippen molar-refractivity contribution in [3.05, 3.63) is 34.6 Å². The Morgan fingerprint density at radius 2 is 2.19 bits per heavy atom. The van der Waals surface area contributed by atoms with Crippen LogP contribution in [0.1, 0.15) is 25.3 Å². The van der Waals surface area contributed by atoms with E-state index in [4.69, 9.17) is 11.6 Å². The van der Waals surface area contributed by atoms with Crippen LogP contribution in [0.3, 0.4) is 0 Å². The molecule has 0 bridgehead atoms. The van der Waals surface area contributed by atoms with Crippen LogP contribution in [0.4, 0.5) is 4.39 Å². The molecule has 1 nitrogen and oxygen atoms in total. The number of rotatable bonds is 4. The van der Waals surface area contributed by atoms with Gasteiger partial charge in [0.2, 0.25) is 0 Å². The molecule has 1 aliphatic heterocycles. The number of hydrogen-bond acceptors (Lipinski definition) is 1. The van der Waals surface area contributed by atoms with Gasteiger partial charge in [-0.2, -0.15) is 0 Å². The first-order valence-electron chi connectivity index (χ1n) is 5.80. The van der Waals surface area contributed by atoms with Crippen molar-refractivity contribution in [2.45, 2.75) is 26.2 Å². The fourth-order valence-electron chi connectivity index (χ4n) is 2.48. The molecule has 0 aliphatic carbocycles. The van der Waals surface area contributed by atoms with E-state index in [9.17, 15) is 4.39 Å². The van der Waals surface area contributed by atoms with E-state index in [1.54, 1.807) is 12.1 Å². The Morgan fingerprint density at radius 1 is 1.44 bits per heavy atom. The summed E-state index contributed by atoms with van der Waals surface area (Å²) in [5.41, 5.74) is 1.39. The standard InChI is InChI=1S/C13H17ClFN/c1-2-5-13(8-16-9-13)7-10-3-4-11(14)12(15)6-10/h3-4,6,16H,2,5,7-9H2,1H3. The Balaban J connectivity index is 2.10. The van der Waals surface area contributed by atoms with Gasteiger partial charge >= 0.3 is 0 Å². The minimum atomic E-state index is -0.307. The topological polar surface area (TPSA) is 12.0 Å². The summed E-state index contributed by atoms with van der Waals surface area (Å²) in [6.45, 7) is 4.29. The van der Waals surface area contributed by atoms with Crippen LogP contribution in [-0.4, -0.2) is 13.1 Å². The van der Waals surface area contributed by atoms with E-state index in [0.717, 1.165) is 25.1 Å². The normalized spacial score (nSPS) is 18.2. The van der Waals surface area contributed by atoms with E-state index in [2.05, 4.69) is 12.2 Å². The molecule has 0 radical (unpaired) electrons. The van der Waals surface area contributed by atoms with E-state index in [-0.39, 0.29) is 10.8 Å². The highest BCUT2D eigenvalue weighted by Gasteiger charge is 2.35. The average Bonchev–Trinajstić information content (AvgIpc) is 2.20. The lowest BCUT2D eigenvalue weighted by Crippen LogP contribution is -2.54. The molecule has 88 valence electrons. The van der Waals surface area contributed by atoms with Gasteiger partial charge in [0.15, 0.2) is 0 Å². The van der Waals surface area contributed by atoms with Crippen LogP contribution in [0.2, 0.25) is 5.02 Å². The number of hydrogen-bond donors (Lipinski definition) is 1. The maximum Gasteiger partial charge on any atom is 0.142 e. The summed E-state index contributed by atoms with van der Waals surface area (Å²) in [5.74, 6) is -0.307. The molecule has 1 aromatic carbocycles. The molecule has 1 heterocycles. The SMILES string of the molecule is CCCC1(Cc2ccc(Cl)c(F)c2)CNC1. The van der Waals surface area contributed by atoms with Crippen molar-refractivity contribution in [1.29, 1.82) is 0 Å². The second-order valence-electron chi connectivity index (χ2n) is 4.78. The summed E-state index contributed by atoms with van der Waals surface area (Å²) in [6, 6.07) is 5.15. The Morgan fingerprint density at radius 3 is 2.69 bits per heavy atom. The largest absolute Gasteiger partial charge is 0.316 e. The van der Waals surface area contributed by atoms with Crippen LogP contribution in [0.5, 0.6) is 0 Å². The summed E-state index contributed by atoms with van der Waals surface area (Å²) in [5, 5.41) is 3.52. The smallest absolute Gasteiger partial charge is 0.142 e. The zero-order valence-electron chi connectivity index (χ0n) is 9.52. The van der Waals surface area contributed by atoms with Gasteiger partial charge in [0.05, 0.1) is 5.02 Å². The van der Waals surface area contributed by atoms with Crippen LogP contribution in [0, 0.1) is 11.2 Å². The molecule has 2 rings (SSSR count). The zero-order valence-corrected chi connectivity index (χ0v) is 10.3. The Kier molecular flexibility index (Phi) is 3.50. The van der Waals surface area contributed by atoms with Crippen LogP contribution in [0.15, 0.2) is 18.2 Å². The van der Waals surface area contributed by atoms with Gasteiger partial charge < -0.3 is 5.32 Å². The number of nitrogens with one attached hydrogen (secondary N) is 1. The quantitative estimate of drug-likeness (QED) is 0.852. The maximum atomic E-state index is 13.3. The van der Waals surface area contributed by atoms with Crippen LogP contribution in [-0.2, 0) is 6.42 Å². The van der Waals surface area contributed by atoms with Crippen molar-refractivity contribution >= 4 is 11.6 Å². The predicted molar refractivity (Wildman–Crippen MR) is 65.3 cm³/mol. The molecule has 0 spiro atoms. The Hall–Kier alpha value is -0.600. The molecule has 1 aromatic rings. The molecule has 0 saturated carbocycles. The first kappa shape index (κ1) is 11.9. The second-order valence-corrected chi connectivity index (χ2v) is 5.19. The molecule has 0 unspecified atom stereocenters. The maximum absolute atomic E-state index is 13.3. The lowest BCUT2D eigenvalue weighted by molar-refractivity contribution is 0.150. The molecular formula is C13H17ClFN. The van der Waals surface area contributed by atoms with Gasteiger partial charge in [0, 0.05) is 13.1 Å². The van der Waals surface area contributed by atoms with Gasteiger partial charge in [-0.1, -0.05) is 31.0 Å². The lowest BCUT2D eigenvalue weighted by Gasteiger charge is -2.43. The van der Waals surface area contributed by atoms with Crippen LogP contribution >= 0.6 is 11.6 Å². The predicted octanol–water partition coefficient (Wildman–Crippen LogP) is 3.41. The number of halogens is 2. The van der Waals surface area contributed by atoms with Crippen LogP contribution < -0.4 is 5.32 Å². The molecule has 1 saturated heterocycles. The van der Waals surface area contributed by atoms with Gasteiger partial charge in [-0.25, -0.2) is 4.39 Å². The summed E-state index contributed by atoms with van der Waals surface area (Å²) >= 11 is 5.67. The van der Waals surface area contributed by atoms with Crippen molar-refractivity contribution in [1.82, 2.24) is 5.32 Å². The fraction of sp³-hybridized carbons (Fsp3) is 0.538. The lowest BCUT2D eigenvalue weighted by atomic mass is 9.73. The van der Waals surface area contributed by atoms with Gasteiger partial charge in [-0.15, -0.1) is 0 Å². The number of benzene rings is 1. The molecule has 3 heteroatoms. The minimum absolute atomic E-state index is 0.208. The van der Waals surface area contributed by atoms with Crippen molar-refractivity contribution in [2.75, 3.05) is 13.1 Å². The molecule has 1 aliphatic rings. The zero-order chi connectivity index (χ0) is 11.6. The monoisotopic (exact) mass is 241 g/mol. The average molecular weight is 242 g/mol. The Bertz CT molecular complexity index is 374. The van der Waals surface area contributed by atoms with Gasteiger partial charge in [-0.05, 0) is 36.0 Å². The van der Waals surface area contributed by atoms with Crippen molar-refractivity contribution in [3.8, 4) is 0 Å². The molecule has 1 fully saturated rings. The van der Waals surface area contributed by atoms with E-state index in [1.165, 1.54) is 12.8 Å². The van der Waals surface area contributed by atoms with Gasteiger partial charge in [0.25, 0.3) is 0 Å². The third kappa shape index (κ3) is 2.38.